The highest BCUT2D eigenvalue weighted by Crippen LogP contribution is 2.30. The number of pyridine rings is 3. The Bertz CT molecular complexity index is 1490. The maximum atomic E-state index is 12.7. The number of H-pyrrole nitrogens is 1. The lowest BCUT2D eigenvalue weighted by Gasteiger charge is -2.13. The van der Waals surface area contributed by atoms with Gasteiger partial charge in [0.1, 0.15) is 21.9 Å². The van der Waals surface area contributed by atoms with Crippen molar-refractivity contribution in [1.29, 1.82) is 0 Å². The highest BCUT2D eigenvalue weighted by molar-refractivity contribution is 7.92. The van der Waals surface area contributed by atoms with Crippen molar-refractivity contribution < 1.29 is 21.6 Å². The number of alkyl halides is 3. The zero-order valence-electron chi connectivity index (χ0n) is 16.7. The number of hydrogen-bond donors (Lipinski definition) is 2. The number of sulfonamides is 1. The fourth-order valence-corrected chi connectivity index (χ4v) is 4.17. The second-order valence-corrected chi connectivity index (χ2v) is 8.75. The Morgan fingerprint density at radius 3 is 2.53 bits per heavy atom. The van der Waals surface area contributed by atoms with Crippen molar-refractivity contribution in [3.05, 3.63) is 70.5 Å². The molecule has 0 spiro atoms. The van der Waals surface area contributed by atoms with Crippen LogP contribution in [0.25, 0.3) is 22.2 Å². The van der Waals surface area contributed by atoms with E-state index in [1.54, 1.807) is 38.5 Å². The minimum atomic E-state index is -4.68. The van der Waals surface area contributed by atoms with E-state index in [0.29, 0.717) is 34.4 Å². The molecule has 0 aliphatic heterocycles. The van der Waals surface area contributed by atoms with E-state index in [2.05, 4.69) is 19.7 Å². The standard InChI is InChI=1S/C20H16F3N5O3S/c1-11-3-6-16(27-32(30,31)12-4-5-15(25-9-12)20(21,22)23)26-17(11)14-10-28(2)19(29)18-13(14)7-8-24-18/h3-10,24H,1-2H3,(H,26,27). The van der Waals surface area contributed by atoms with Crippen LogP contribution in [-0.2, 0) is 23.2 Å². The van der Waals surface area contributed by atoms with Crippen molar-refractivity contribution in [2.45, 2.75) is 18.0 Å². The van der Waals surface area contributed by atoms with Gasteiger partial charge in [-0.3, -0.25) is 14.5 Å². The van der Waals surface area contributed by atoms with Gasteiger partial charge in [0.15, 0.2) is 0 Å². The smallest absolute Gasteiger partial charge is 0.357 e. The number of aryl methyl sites for hydroxylation is 2. The zero-order chi connectivity index (χ0) is 23.3. The summed E-state index contributed by atoms with van der Waals surface area (Å²) in [6.07, 6.45) is -0.819. The third kappa shape index (κ3) is 3.84. The summed E-state index contributed by atoms with van der Waals surface area (Å²) in [5.41, 5.74) is 0.739. The third-order valence-electron chi connectivity index (χ3n) is 4.82. The van der Waals surface area contributed by atoms with Gasteiger partial charge in [0, 0.05) is 36.6 Å². The van der Waals surface area contributed by atoms with Crippen LogP contribution < -0.4 is 10.3 Å². The molecule has 4 heterocycles. The van der Waals surface area contributed by atoms with Gasteiger partial charge < -0.3 is 9.55 Å². The molecule has 4 aromatic rings. The Morgan fingerprint density at radius 2 is 1.88 bits per heavy atom. The summed E-state index contributed by atoms with van der Waals surface area (Å²) in [6, 6.07) is 6.22. The summed E-state index contributed by atoms with van der Waals surface area (Å²) in [7, 11) is -2.65. The first-order valence-corrected chi connectivity index (χ1v) is 10.7. The van der Waals surface area contributed by atoms with E-state index in [-0.39, 0.29) is 11.4 Å². The van der Waals surface area contributed by atoms with Crippen LogP contribution >= 0.6 is 0 Å². The van der Waals surface area contributed by atoms with Gasteiger partial charge in [-0.2, -0.15) is 13.2 Å². The van der Waals surface area contributed by atoms with Gasteiger partial charge in [-0.05, 0) is 36.8 Å². The summed E-state index contributed by atoms with van der Waals surface area (Å²) in [5, 5.41) is 0.621. The number of halogens is 3. The van der Waals surface area contributed by atoms with Gasteiger partial charge in [-0.1, -0.05) is 6.07 Å². The van der Waals surface area contributed by atoms with Crippen LogP contribution in [0.5, 0.6) is 0 Å². The number of aromatic nitrogens is 4. The number of nitrogens with zero attached hydrogens (tertiary/aromatic N) is 3. The topological polar surface area (TPSA) is 110 Å². The molecule has 12 heteroatoms. The largest absolute Gasteiger partial charge is 0.433 e. The first kappa shape index (κ1) is 21.6. The fraction of sp³-hybridized carbons (Fsp3) is 0.150. The maximum absolute atomic E-state index is 12.7. The molecule has 0 bridgehead atoms. The van der Waals surface area contributed by atoms with Gasteiger partial charge in [0.25, 0.3) is 15.6 Å². The highest BCUT2D eigenvalue weighted by Gasteiger charge is 2.32. The molecular formula is C20H16F3N5O3S. The van der Waals surface area contributed by atoms with Gasteiger partial charge in [-0.25, -0.2) is 13.4 Å². The van der Waals surface area contributed by atoms with Crippen LogP contribution in [0.15, 0.2) is 58.6 Å². The quantitative estimate of drug-likeness (QED) is 0.482. The van der Waals surface area contributed by atoms with E-state index < -0.39 is 26.8 Å². The maximum Gasteiger partial charge on any atom is 0.433 e. The average molecular weight is 463 g/mol. The van der Waals surface area contributed by atoms with Crippen LogP contribution in [0.4, 0.5) is 19.0 Å². The molecule has 166 valence electrons. The van der Waals surface area contributed by atoms with E-state index >= 15 is 0 Å². The molecule has 0 aromatic carbocycles. The second kappa shape index (κ2) is 7.48. The number of aromatic amines is 1. The van der Waals surface area contributed by atoms with Crippen LogP contribution in [0.1, 0.15) is 11.3 Å². The first-order chi connectivity index (χ1) is 15.0. The lowest BCUT2D eigenvalue weighted by atomic mass is 10.1. The van der Waals surface area contributed by atoms with E-state index in [9.17, 15) is 26.4 Å². The summed E-state index contributed by atoms with van der Waals surface area (Å²) in [4.78, 5) is 22.3. The average Bonchev–Trinajstić information content (AvgIpc) is 3.22. The summed E-state index contributed by atoms with van der Waals surface area (Å²) >= 11 is 0. The summed E-state index contributed by atoms with van der Waals surface area (Å²) < 4.78 is 67.0. The second-order valence-electron chi connectivity index (χ2n) is 7.07. The van der Waals surface area contributed by atoms with E-state index in [1.165, 1.54) is 10.6 Å². The number of rotatable bonds is 4. The van der Waals surface area contributed by atoms with E-state index in [1.807, 2.05) is 0 Å². The number of nitrogens with one attached hydrogen (secondary N) is 2. The summed E-state index contributed by atoms with van der Waals surface area (Å²) in [5.74, 6) is -0.0389. The minimum Gasteiger partial charge on any atom is -0.357 e. The Labute approximate surface area is 179 Å². The lowest BCUT2D eigenvalue weighted by Crippen LogP contribution is -2.17. The Morgan fingerprint density at radius 1 is 1.12 bits per heavy atom. The van der Waals surface area contributed by atoms with Gasteiger partial charge >= 0.3 is 6.18 Å². The Kier molecular flexibility index (Phi) is 5.04. The minimum absolute atomic E-state index is 0.0389. The van der Waals surface area contributed by atoms with Crippen molar-refractivity contribution in [2.75, 3.05) is 4.72 Å². The molecular weight excluding hydrogens is 447 g/mol. The van der Waals surface area contributed by atoms with Crippen LogP contribution in [0.3, 0.4) is 0 Å². The van der Waals surface area contributed by atoms with Crippen LogP contribution in [-0.4, -0.2) is 27.9 Å². The monoisotopic (exact) mass is 463 g/mol. The molecule has 0 unspecified atom stereocenters. The predicted molar refractivity (Wildman–Crippen MR) is 112 cm³/mol. The van der Waals surface area contributed by atoms with Crippen molar-refractivity contribution in [3.63, 3.8) is 0 Å². The number of fused-ring (bicyclic) bond motifs is 1. The molecule has 4 rings (SSSR count). The highest BCUT2D eigenvalue weighted by atomic mass is 32.2. The molecule has 0 fully saturated rings. The lowest BCUT2D eigenvalue weighted by molar-refractivity contribution is -0.141. The zero-order valence-corrected chi connectivity index (χ0v) is 17.5. The molecule has 0 saturated heterocycles. The molecule has 0 saturated carbocycles. The van der Waals surface area contributed by atoms with E-state index in [4.69, 9.17) is 0 Å². The Balaban J connectivity index is 1.73. The molecule has 0 aliphatic rings. The third-order valence-corrected chi connectivity index (χ3v) is 6.16. The van der Waals surface area contributed by atoms with Crippen LogP contribution in [0.2, 0.25) is 0 Å². The molecule has 4 aromatic heterocycles. The first-order valence-electron chi connectivity index (χ1n) is 9.18. The van der Waals surface area contributed by atoms with Gasteiger partial charge in [0.05, 0.1) is 5.69 Å². The van der Waals surface area contributed by atoms with Crippen molar-refractivity contribution in [2.24, 2.45) is 7.05 Å². The fourth-order valence-electron chi connectivity index (χ4n) is 3.22. The predicted octanol–water partition coefficient (Wildman–Crippen LogP) is 3.45. The number of hydrogen-bond acceptors (Lipinski definition) is 5. The molecule has 8 nitrogen and oxygen atoms in total. The van der Waals surface area contributed by atoms with E-state index in [0.717, 1.165) is 11.6 Å². The van der Waals surface area contributed by atoms with Crippen molar-refractivity contribution in [3.8, 4) is 11.3 Å². The molecule has 0 aliphatic carbocycles. The summed E-state index contributed by atoms with van der Waals surface area (Å²) in [6.45, 7) is 1.78. The molecule has 0 amide bonds. The molecule has 0 atom stereocenters. The van der Waals surface area contributed by atoms with Crippen LogP contribution in [0, 0.1) is 6.92 Å². The Hall–Kier alpha value is -3.67. The molecule has 0 radical (unpaired) electrons. The van der Waals surface area contributed by atoms with Crippen molar-refractivity contribution in [1.82, 2.24) is 19.5 Å². The van der Waals surface area contributed by atoms with Gasteiger partial charge in [0.2, 0.25) is 0 Å². The molecule has 32 heavy (non-hydrogen) atoms. The normalized spacial score (nSPS) is 12.3. The van der Waals surface area contributed by atoms with Crippen molar-refractivity contribution >= 4 is 26.7 Å². The SMILES string of the molecule is Cc1ccc(NS(=O)(=O)c2ccc(C(F)(F)F)nc2)nc1-c1cn(C)c(=O)c2[nH]ccc12. The molecule has 2 N–H and O–H groups in total. The number of anilines is 1. The van der Waals surface area contributed by atoms with Gasteiger partial charge in [-0.15, -0.1) is 0 Å².